The zero-order valence-electron chi connectivity index (χ0n) is 14.0. The smallest absolute Gasteiger partial charge is 0.273 e. The number of rotatable bonds is 6. The van der Waals surface area contributed by atoms with Gasteiger partial charge in [0.1, 0.15) is 0 Å². The van der Waals surface area contributed by atoms with Crippen LogP contribution in [0.15, 0.2) is 46.8 Å². The van der Waals surface area contributed by atoms with Gasteiger partial charge in [-0.15, -0.1) is 10.2 Å². The molecule has 27 heavy (non-hydrogen) atoms. The maximum Gasteiger partial charge on any atom is 0.273 e. The normalized spacial score (nSPS) is 10.6. The van der Waals surface area contributed by atoms with Gasteiger partial charge in [-0.2, -0.15) is 0 Å². The van der Waals surface area contributed by atoms with E-state index >= 15 is 0 Å². The SMILES string of the molecule is Cc1ccc(C(=O)Nc2nnc(SCc3cccc(Cl)c3)s2)cc1[N+](=O)[O-]. The monoisotopic (exact) mass is 420 g/mol. The number of hydrogen-bond donors (Lipinski definition) is 1. The number of halogens is 1. The molecule has 0 atom stereocenters. The van der Waals surface area contributed by atoms with Crippen LogP contribution in [0.3, 0.4) is 0 Å². The second-order valence-electron chi connectivity index (χ2n) is 5.50. The summed E-state index contributed by atoms with van der Waals surface area (Å²) in [7, 11) is 0. The third kappa shape index (κ3) is 5.03. The van der Waals surface area contributed by atoms with Crippen molar-refractivity contribution in [2.75, 3.05) is 5.32 Å². The van der Waals surface area contributed by atoms with Gasteiger partial charge in [0, 0.05) is 28.0 Å². The lowest BCUT2D eigenvalue weighted by Gasteiger charge is -2.02. The molecule has 2 aromatic carbocycles. The Bertz CT molecular complexity index is 1010. The van der Waals surface area contributed by atoms with Crippen molar-refractivity contribution in [3.63, 3.8) is 0 Å². The summed E-state index contributed by atoms with van der Waals surface area (Å²) in [5, 5.41) is 22.6. The minimum atomic E-state index is -0.512. The second-order valence-corrected chi connectivity index (χ2v) is 8.14. The standard InChI is InChI=1S/C17H13ClN4O3S2/c1-10-5-6-12(8-14(10)22(24)25)15(23)19-16-20-21-17(27-16)26-9-11-3-2-4-13(18)7-11/h2-8H,9H2,1H3,(H,19,20,23). The lowest BCUT2D eigenvalue weighted by molar-refractivity contribution is -0.385. The van der Waals surface area contributed by atoms with Gasteiger partial charge >= 0.3 is 0 Å². The van der Waals surface area contributed by atoms with Gasteiger partial charge in [0.2, 0.25) is 5.13 Å². The molecule has 0 saturated heterocycles. The number of nitro groups is 1. The highest BCUT2D eigenvalue weighted by atomic mass is 35.5. The molecule has 0 bridgehead atoms. The maximum atomic E-state index is 12.3. The van der Waals surface area contributed by atoms with Gasteiger partial charge in [-0.1, -0.05) is 52.9 Å². The summed E-state index contributed by atoms with van der Waals surface area (Å²) in [6, 6.07) is 11.9. The number of carbonyl (C=O) groups excluding carboxylic acids is 1. The molecule has 0 aliphatic carbocycles. The van der Waals surface area contributed by atoms with Crippen molar-refractivity contribution in [2.24, 2.45) is 0 Å². The summed E-state index contributed by atoms with van der Waals surface area (Å²) < 4.78 is 0.695. The Morgan fingerprint density at radius 1 is 1.30 bits per heavy atom. The van der Waals surface area contributed by atoms with Crippen LogP contribution in [0.5, 0.6) is 0 Å². The van der Waals surface area contributed by atoms with E-state index in [2.05, 4.69) is 15.5 Å². The van der Waals surface area contributed by atoms with Crippen LogP contribution >= 0.6 is 34.7 Å². The quantitative estimate of drug-likeness (QED) is 0.262. The number of benzene rings is 2. The van der Waals surface area contributed by atoms with Crippen molar-refractivity contribution in [1.82, 2.24) is 10.2 Å². The van der Waals surface area contributed by atoms with E-state index in [9.17, 15) is 14.9 Å². The first-order chi connectivity index (χ1) is 12.9. The molecule has 0 aliphatic heterocycles. The van der Waals surface area contributed by atoms with E-state index in [4.69, 9.17) is 11.6 Å². The Hall–Kier alpha value is -2.49. The minimum Gasteiger partial charge on any atom is -0.296 e. The van der Waals surface area contributed by atoms with E-state index in [0.717, 1.165) is 5.56 Å². The molecule has 1 heterocycles. The maximum absolute atomic E-state index is 12.3. The molecule has 0 saturated carbocycles. The molecule has 1 aromatic heterocycles. The number of carbonyl (C=O) groups is 1. The number of nitrogens with zero attached hydrogens (tertiary/aromatic N) is 3. The van der Waals surface area contributed by atoms with Crippen LogP contribution in [0.2, 0.25) is 5.02 Å². The Balaban J connectivity index is 1.64. The van der Waals surface area contributed by atoms with E-state index in [-0.39, 0.29) is 11.3 Å². The van der Waals surface area contributed by atoms with Crippen molar-refractivity contribution >= 4 is 51.4 Å². The van der Waals surface area contributed by atoms with Crippen LogP contribution < -0.4 is 5.32 Å². The molecule has 1 N–H and O–H groups in total. The zero-order chi connectivity index (χ0) is 19.4. The predicted molar refractivity (Wildman–Crippen MR) is 107 cm³/mol. The van der Waals surface area contributed by atoms with Gasteiger partial charge in [0.25, 0.3) is 11.6 Å². The fourth-order valence-corrected chi connectivity index (χ4v) is 4.11. The Morgan fingerprint density at radius 3 is 2.85 bits per heavy atom. The number of aryl methyl sites for hydroxylation is 1. The molecule has 3 aromatic rings. The van der Waals surface area contributed by atoms with Crippen LogP contribution in [-0.2, 0) is 5.75 Å². The van der Waals surface area contributed by atoms with Crippen molar-refractivity contribution in [3.8, 4) is 0 Å². The Morgan fingerprint density at radius 2 is 2.11 bits per heavy atom. The molecular formula is C17H13ClN4O3S2. The molecule has 0 aliphatic rings. The average Bonchev–Trinajstić information content (AvgIpc) is 3.07. The Kier molecular flexibility index (Phi) is 6.04. The molecular weight excluding hydrogens is 408 g/mol. The minimum absolute atomic E-state index is 0.0994. The van der Waals surface area contributed by atoms with Gasteiger partial charge in [0.15, 0.2) is 4.34 Å². The molecule has 138 valence electrons. The number of anilines is 1. The number of amides is 1. The van der Waals surface area contributed by atoms with Crippen molar-refractivity contribution in [1.29, 1.82) is 0 Å². The topological polar surface area (TPSA) is 98.0 Å². The van der Waals surface area contributed by atoms with E-state index in [0.29, 0.717) is 25.8 Å². The van der Waals surface area contributed by atoms with E-state index in [1.54, 1.807) is 13.0 Å². The van der Waals surface area contributed by atoms with Crippen LogP contribution in [0.4, 0.5) is 10.8 Å². The largest absolute Gasteiger partial charge is 0.296 e. The van der Waals surface area contributed by atoms with Gasteiger partial charge in [0.05, 0.1) is 4.92 Å². The Labute approximate surface area is 167 Å². The van der Waals surface area contributed by atoms with Gasteiger partial charge in [-0.05, 0) is 30.7 Å². The van der Waals surface area contributed by atoms with Crippen LogP contribution in [0.25, 0.3) is 0 Å². The summed E-state index contributed by atoms with van der Waals surface area (Å²) in [5.41, 5.74) is 1.64. The molecule has 0 fully saturated rings. The number of nitrogens with one attached hydrogen (secondary N) is 1. The highest BCUT2D eigenvalue weighted by Gasteiger charge is 2.16. The summed E-state index contributed by atoms with van der Waals surface area (Å²) in [5.74, 6) is 0.202. The third-order valence-corrected chi connectivity index (χ3v) is 5.82. The van der Waals surface area contributed by atoms with Crippen LogP contribution in [0.1, 0.15) is 21.5 Å². The van der Waals surface area contributed by atoms with Crippen molar-refractivity contribution in [2.45, 2.75) is 17.0 Å². The summed E-state index contributed by atoms with van der Waals surface area (Å²) in [6.45, 7) is 1.62. The lowest BCUT2D eigenvalue weighted by Crippen LogP contribution is -2.12. The third-order valence-electron chi connectivity index (χ3n) is 3.55. The fourth-order valence-electron chi connectivity index (χ4n) is 2.21. The molecule has 0 spiro atoms. The second kappa shape index (κ2) is 8.47. The van der Waals surface area contributed by atoms with Gasteiger partial charge in [-0.25, -0.2) is 0 Å². The number of hydrogen-bond acceptors (Lipinski definition) is 7. The lowest BCUT2D eigenvalue weighted by atomic mass is 10.1. The van der Waals surface area contributed by atoms with Crippen LogP contribution in [-0.4, -0.2) is 21.0 Å². The average molecular weight is 421 g/mol. The van der Waals surface area contributed by atoms with Crippen molar-refractivity contribution < 1.29 is 9.72 Å². The van der Waals surface area contributed by atoms with E-state index in [1.807, 2.05) is 24.3 Å². The van der Waals surface area contributed by atoms with Gasteiger partial charge < -0.3 is 0 Å². The van der Waals surface area contributed by atoms with E-state index < -0.39 is 10.8 Å². The zero-order valence-corrected chi connectivity index (χ0v) is 16.4. The number of thioether (sulfide) groups is 1. The van der Waals surface area contributed by atoms with E-state index in [1.165, 1.54) is 35.2 Å². The highest BCUT2D eigenvalue weighted by Crippen LogP contribution is 2.29. The first-order valence-electron chi connectivity index (χ1n) is 7.69. The first-order valence-corrected chi connectivity index (χ1v) is 9.87. The number of aromatic nitrogens is 2. The highest BCUT2D eigenvalue weighted by molar-refractivity contribution is 8.00. The van der Waals surface area contributed by atoms with Gasteiger partial charge in [-0.3, -0.25) is 20.2 Å². The predicted octanol–water partition coefficient (Wildman–Crippen LogP) is 4.95. The number of nitro benzene ring substituents is 1. The fraction of sp³-hybridized carbons (Fsp3) is 0.118. The van der Waals surface area contributed by atoms with Crippen molar-refractivity contribution in [3.05, 3.63) is 74.3 Å². The molecule has 1 amide bonds. The summed E-state index contributed by atoms with van der Waals surface area (Å²) in [4.78, 5) is 22.8. The van der Waals surface area contributed by atoms with Crippen LogP contribution in [0, 0.1) is 17.0 Å². The first kappa shape index (κ1) is 19.3. The molecule has 0 unspecified atom stereocenters. The molecule has 7 nitrogen and oxygen atoms in total. The molecule has 0 radical (unpaired) electrons. The molecule has 3 rings (SSSR count). The molecule has 10 heteroatoms. The summed E-state index contributed by atoms with van der Waals surface area (Å²) >= 11 is 8.68. The summed E-state index contributed by atoms with van der Waals surface area (Å²) in [6.07, 6.45) is 0.